The number of halogens is 1. The number of pyridine rings is 1. The molecule has 1 atom stereocenters. The first-order chi connectivity index (χ1) is 11.1. The number of aromatic nitrogens is 1. The minimum absolute atomic E-state index is 0.341. The van der Waals surface area contributed by atoms with Crippen molar-refractivity contribution in [2.75, 3.05) is 13.2 Å². The highest BCUT2D eigenvalue weighted by molar-refractivity contribution is 6.32. The molecule has 0 saturated heterocycles. The van der Waals surface area contributed by atoms with Gasteiger partial charge in [-0.3, -0.25) is 0 Å². The summed E-state index contributed by atoms with van der Waals surface area (Å²) in [5, 5.41) is 0.485. The second-order valence-corrected chi connectivity index (χ2v) is 5.54. The van der Waals surface area contributed by atoms with E-state index in [1.807, 2.05) is 25.1 Å². The standard InChI is InChI=1S/C18H21ClN2O2/c1-3-22-15-7-8-17(16(19)10-15)23-18-9-6-14(12-21-18)5-4-13(2)11-20/h4-10,12-13H,3,11,20H2,1-2H3/b5-4+. The van der Waals surface area contributed by atoms with Gasteiger partial charge in [0, 0.05) is 18.3 Å². The zero-order chi connectivity index (χ0) is 16.7. The van der Waals surface area contributed by atoms with Crippen LogP contribution in [0.2, 0.25) is 5.02 Å². The summed E-state index contributed by atoms with van der Waals surface area (Å²) in [4.78, 5) is 4.28. The molecule has 1 unspecified atom stereocenters. The van der Waals surface area contributed by atoms with E-state index in [-0.39, 0.29) is 0 Å². The molecule has 0 bridgehead atoms. The lowest BCUT2D eigenvalue weighted by atomic mass is 10.1. The molecule has 0 aliphatic carbocycles. The SMILES string of the molecule is CCOc1ccc(Oc2ccc(/C=C/C(C)CN)cn2)c(Cl)c1. The molecule has 2 rings (SSSR count). The maximum absolute atomic E-state index is 6.19. The molecule has 1 aromatic carbocycles. The van der Waals surface area contributed by atoms with Crippen LogP contribution in [0.1, 0.15) is 19.4 Å². The number of rotatable bonds is 7. The van der Waals surface area contributed by atoms with E-state index < -0.39 is 0 Å². The molecule has 0 saturated carbocycles. The molecule has 2 aromatic rings. The molecule has 0 aliphatic rings. The number of ether oxygens (including phenoxy) is 2. The molecule has 0 fully saturated rings. The van der Waals surface area contributed by atoms with E-state index >= 15 is 0 Å². The molecule has 0 radical (unpaired) electrons. The quantitative estimate of drug-likeness (QED) is 0.809. The Bertz CT molecular complexity index is 657. The third kappa shape index (κ3) is 5.27. The van der Waals surface area contributed by atoms with Gasteiger partial charge < -0.3 is 15.2 Å². The van der Waals surface area contributed by atoms with Gasteiger partial charge in [-0.05, 0) is 43.1 Å². The molecule has 5 heteroatoms. The molecular weight excluding hydrogens is 312 g/mol. The van der Waals surface area contributed by atoms with Crippen molar-refractivity contribution < 1.29 is 9.47 Å². The largest absolute Gasteiger partial charge is 0.494 e. The van der Waals surface area contributed by atoms with Crippen LogP contribution in [0.3, 0.4) is 0 Å². The van der Waals surface area contributed by atoms with Gasteiger partial charge in [0.1, 0.15) is 11.5 Å². The Morgan fingerprint density at radius 3 is 2.74 bits per heavy atom. The van der Waals surface area contributed by atoms with Crippen molar-refractivity contribution >= 4 is 17.7 Å². The summed E-state index contributed by atoms with van der Waals surface area (Å²) in [7, 11) is 0. The molecule has 23 heavy (non-hydrogen) atoms. The summed E-state index contributed by atoms with van der Waals surface area (Å²) < 4.78 is 11.1. The normalized spacial score (nSPS) is 12.3. The number of hydrogen-bond donors (Lipinski definition) is 1. The zero-order valence-corrected chi connectivity index (χ0v) is 14.1. The molecular formula is C18H21ClN2O2. The summed E-state index contributed by atoms with van der Waals surface area (Å²) in [6, 6.07) is 9.05. The fourth-order valence-corrected chi connectivity index (χ4v) is 2.05. The van der Waals surface area contributed by atoms with Gasteiger partial charge >= 0.3 is 0 Å². The molecule has 2 N–H and O–H groups in total. The minimum Gasteiger partial charge on any atom is -0.494 e. The van der Waals surface area contributed by atoms with E-state index in [0.717, 1.165) is 5.56 Å². The first-order valence-electron chi connectivity index (χ1n) is 7.57. The number of nitrogens with zero attached hydrogens (tertiary/aromatic N) is 1. The average molecular weight is 333 g/mol. The molecule has 122 valence electrons. The topological polar surface area (TPSA) is 57.4 Å². The van der Waals surface area contributed by atoms with Crippen LogP contribution >= 0.6 is 11.6 Å². The highest BCUT2D eigenvalue weighted by Crippen LogP contribution is 2.31. The van der Waals surface area contributed by atoms with Gasteiger partial charge in [0.2, 0.25) is 5.88 Å². The van der Waals surface area contributed by atoms with Crippen molar-refractivity contribution in [3.05, 3.63) is 53.2 Å². The smallest absolute Gasteiger partial charge is 0.219 e. The Kier molecular flexibility index (Phi) is 6.44. The Hall–Kier alpha value is -2.04. The lowest BCUT2D eigenvalue weighted by Gasteiger charge is -2.09. The van der Waals surface area contributed by atoms with Crippen LogP contribution < -0.4 is 15.2 Å². The Morgan fingerprint density at radius 2 is 2.13 bits per heavy atom. The number of benzene rings is 1. The molecule has 4 nitrogen and oxygen atoms in total. The molecule has 0 spiro atoms. The maximum Gasteiger partial charge on any atom is 0.219 e. The monoisotopic (exact) mass is 332 g/mol. The van der Waals surface area contributed by atoms with Crippen molar-refractivity contribution in [1.29, 1.82) is 0 Å². The second-order valence-electron chi connectivity index (χ2n) is 5.13. The predicted octanol–water partition coefficient (Wildman–Crippen LogP) is 4.53. The molecule has 0 amide bonds. The van der Waals surface area contributed by atoms with E-state index in [9.17, 15) is 0 Å². The Morgan fingerprint density at radius 1 is 1.30 bits per heavy atom. The van der Waals surface area contributed by atoms with Crippen LogP contribution in [0, 0.1) is 5.92 Å². The van der Waals surface area contributed by atoms with Crippen LogP contribution in [0.5, 0.6) is 17.4 Å². The summed E-state index contributed by atoms with van der Waals surface area (Å²) in [6.45, 7) is 5.21. The summed E-state index contributed by atoms with van der Waals surface area (Å²) in [6.07, 6.45) is 5.80. The van der Waals surface area contributed by atoms with E-state index in [1.165, 1.54) is 0 Å². The van der Waals surface area contributed by atoms with Gasteiger partial charge in [0.25, 0.3) is 0 Å². The van der Waals surface area contributed by atoms with Crippen LogP contribution in [-0.2, 0) is 0 Å². The third-order valence-corrected chi connectivity index (χ3v) is 3.47. The van der Waals surface area contributed by atoms with E-state index in [1.54, 1.807) is 24.4 Å². The molecule has 1 aromatic heterocycles. The van der Waals surface area contributed by atoms with Gasteiger partial charge in [-0.2, -0.15) is 0 Å². The van der Waals surface area contributed by atoms with Gasteiger partial charge in [-0.15, -0.1) is 0 Å². The van der Waals surface area contributed by atoms with E-state index in [2.05, 4.69) is 18.0 Å². The number of hydrogen-bond acceptors (Lipinski definition) is 4. The highest BCUT2D eigenvalue weighted by atomic mass is 35.5. The molecule has 1 heterocycles. The van der Waals surface area contributed by atoms with E-state index in [0.29, 0.717) is 41.5 Å². The van der Waals surface area contributed by atoms with Crippen molar-refractivity contribution in [1.82, 2.24) is 4.98 Å². The summed E-state index contributed by atoms with van der Waals surface area (Å²) in [5.41, 5.74) is 6.58. The van der Waals surface area contributed by atoms with Gasteiger partial charge in [-0.25, -0.2) is 4.98 Å². The van der Waals surface area contributed by atoms with Gasteiger partial charge in [-0.1, -0.05) is 30.7 Å². The highest BCUT2D eigenvalue weighted by Gasteiger charge is 2.06. The number of nitrogens with two attached hydrogens (primary N) is 1. The fourth-order valence-electron chi connectivity index (χ4n) is 1.84. The fraction of sp³-hybridized carbons (Fsp3) is 0.278. The molecule has 0 aliphatic heterocycles. The zero-order valence-electron chi connectivity index (χ0n) is 13.3. The van der Waals surface area contributed by atoms with Crippen molar-refractivity contribution in [3.63, 3.8) is 0 Å². The first-order valence-corrected chi connectivity index (χ1v) is 7.94. The lowest BCUT2D eigenvalue weighted by molar-refractivity contribution is 0.339. The average Bonchev–Trinajstić information content (AvgIpc) is 2.56. The third-order valence-electron chi connectivity index (χ3n) is 3.18. The van der Waals surface area contributed by atoms with E-state index in [4.69, 9.17) is 26.8 Å². The van der Waals surface area contributed by atoms with Crippen LogP contribution in [0.15, 0.2) is 42.6 Å². The van der Waals surface area contributed by atoms with Gasteiger partial charge in [0.15, 0.2) is 0 Å². The van der Waals surface area contributed by atoms with Crippen molar-refractivity contribution in [2.45, 2.75) is 13.8 Å². The predicted molar refractivity (Wildman–Crippen MR) is 94.2 cm³/mol. The summed E-state index contributed by atoms with van der Waals surface area (Å²) in [5.74, 6) is 2.09. The first kappa shape index (κ1) is 17.3. The maximum atomic E-state index is 6.19. The van der Waals surface area contributed by atoms with Crippen LogP contribution in [0.4, 0.5) is 0 Å². The van der Waals surface area contributed by atoms with Crippen LogP contribution in [0.25, 0.3) is 6.08 Å². The Balaban J connectivity index is 2.05. The Labute approximate surface area is 141 Å². The van der Waals surface area contributed by atoms with Crippen LogP contribution in [-0.4, -0.2) is 18.1 Å². The van der Waals surface area contributed by atoms with Crippen molar-refractivity contribution in [3.8, 4) is 17.4 Å². The van der Waals surface area contributed by atoms with Crippen molar-refractivity contribution in [2.24, 2.45) is 11.7 Å². The summed E-state index contributed by atoms with van der Waals surface area (Å²) >= 11 is 6.19. The van der Waals surface area contributed by atoms with Gasteiger partial charge in [0.05, 0.1) is 11.6 Å². The second kappa shape index (κ2) is 8.56. The lowest BCUT2D eigenvalue weighted by Crippen LogP contribution is -2.07. The minimum atomic E-state index is 0.341.